The summed E-state index contributed by atoms with van der Waals surface area (Å²) in [6.45, 7) is 1.85. The lowest BCUT2D eigenvalue weighted by Gasteiger charge is -2.34. The van der Waals surface area contributed by atoms with Gasteiger partial charge in [-0.1, -0.05) is 15.9 Å². The Morgan fingerprint density at radius 1 is 1.65 bits per heavy atom. The standard InChI is InChI=1S/C11H15BrN2O2S/c1-16-11(2-4-13-5-3-11)10-14-7-9(17-10)8(15)6-12/h7,13H,2-6H2,1H3. The maximum absolute atomic E-state index is 11.6. The van der Waals surface area contributed by atoms with Crippen molar-refractivity contribution >= 4 is 33.0 Å². The van der Waals surface area contributed by atoms with E-state index in [1.807, 2.05) is 0 Å². The van der Waals surface area contributed by atoms with Crippen LogP contribution in [-0.4, -0.2) is 36.3 Å². The number of carbonyl (C=O) groups excluding carboxylic acids is 1. The molecule has 6 heteroatoms. The Kier molecular flexibility index (Phi) is 4.30. The van der Waals surface area contributed by atoms with Gasteiger partial charge in [-0.05, 0) is 25.9 Å². The molecular formula is C11H15BrN2O2S. The van der Waals surface area contributed by atoms with Crippen LogP contribution in [0.2, 0.25) is 0 Å². The van der Waals surface area contributed by atoms with Gasteiger partial charge < -0.3 is 10.1 Å². The van der Waals surface area contributed by atoms with Crippen molar-refractivity contribution in [1.82, 2.24) is 10.3 Å². The van der Waals surface area contributed by atoms with Gasteiger partial charge in [0.2, 0.25) is 0 Å². The minimum atomic E-state index is -0.305. The topological polar surface area (TPSA) is 51.2 Å². The molecule has 94 valence electrons. The molecular weight excluding hydrogens is 304 g/mol. The van der Waals surface area contributed by atoms with Crippen LogP contribution in [0.5, 0.6) is 0 Å². The number of hydrogen-bond acceptors (Lipinski definition) is 5. The minimum Gasteiger partial charge on any atom is -0.371 e. The molecule has 0 spiro atoms. The first kappa shape index (κ1) is 13.1. The number of thiazole rings is 1. The molecule has 4 nitrogen and oxygen atoms in total. The molecule has 0 aromatic carbocycles. The number of Topliss-reactive ketones (excluding diaryl/α,β-unsaturated/α-hetero) is 1. The molecule has 0 unspecified atom stereocenters. The highest BCUT2D eigenvalue weighted by atomic mass is 79.9. The molecule has 0 bridgehead atoms. The summed E-state index contributed by atoms with van der Waals surface area (Å²) in [7, 11) is 1.72. The Bertz CT molecular complexity index is 402. The van der Waals surface area contributed by atoms with E-state index in [4.69, 9.17) is 4.74 Å². The van der Waals surface area contributed by atoms with Crippen molar-refractivity contribution in [3.8, 4) is 0 Å². The summed E-state index contributed by atoms with van der Waals surface area (Å²) in [6, 6.07) is 0. The van der Waals surface area contributed by atoms with E-state index in [2.05, 4.69) is 26.2 Å². The lowest BCUT2D eigenvalue weighted by molar-refractivity contribution is -0.0392. The van der Waals surface area contributed by atoms with E-state index in [1.165, 1.54) is 11.3 Å². The van der Waals surface area contributed by atoms with Crippen molar-refractivity contribution in [1.29, 1.82) is 0 Å². The molecule has 1 aliphatic heterocycles. The van der Waals surface area contributed by atoms with Crippen LogP contribution < -0.4 is 5.32 Å². The smallest absolute Gasteiger partial charge is 0.184 e. The minimum absolute atomic E-state index is 0.0777. The predicted molar refractivity (Wildman–Crippen MR) is 71.0 cm³/mol. The van der Waals surface area contributed by atoms with Crippen molar-refractivity contribution in [3.05, 3.63) is 16.1 Å². The highest BCUT2D eigenvalue weighted by molar-refractivity contribution is 9.09. The zero-order valence-corrected chi connectivity index (χ0v) is 12.1. The van der Waals surface area contributed by atoms with Crippen molar-refractivity contribution < 1.29 is 9.53 Å². The van der Waals surface area contributed by atoms with Crippen LogP contribution in [0.3, 0.4) is 0 Å². The summed E-state index contributed by atoms with van der Waals surface area (Å²) < 4.78 is 5.68. The number of nitrogens with one attached hydrogen (secondary N) is 1. The molecule has 1 aromatic rings. The third kappa shape index (κ3) is 2.59. The van der Waals surface area contributed by atoms with E-state index in [-0.39, 0.29) is 11.4 Å². The summed E-state index contributed by atoms with van der Waals surface area (Å²) >= 11 is 4.63. The zero-order chi connectivity index (χ0) is 12.3. The van der Waals surface area contributed by atoms with E-state index in [0.717, 1.165) is 30.9 Å². The molecule has 0 saturated carbocycles. The van der Waals surface area contributed by atoms with E-state index < -0.39 is 0 Å². The first-order valence-electron chi connectivity index (χ1n) is 5.53. The summed E-state index contributed by atoms with van der Waals surface area (Å²) in [5, 5.41) is 4.57. The zero-order valence-electron chi connectivity index (χ0n) is 9.66. The van der Waals surface area contributed by atoms with Crippen LogP contribution in [0.15, 0.2) is 6.20 Å². The van der Waals surface area contributed by atoms with Gasteiger partial charge in [0.05, 0.1) is 10.2 Å². The van der Waals surface area contributed by atoms with Crippen LogP contribution >= 0.6 is 27.3 Å². The SMILES string of the molecule is COC1(c2ncc(C(=O)CBr)s2)CCNCC1. The van der Waals surface area contributed by atoms with E-state index in [1.54, 1.807) is 13.3 Å². The fourth-order valence-corrected chi connectivity index (χ4v) is 3.58. The maximum Gasteiger partial charge on any atom is 0.184 e. The lowest BCUT2D eigenvalue weighted by atomic mass is 9.93. The molecule has 2 rings (SSSR count). The second kappa shape index (κ2) is 5.56. The first-order valence-corrected chi connectivity index (χ1v) is 7.47. The number of nitrogens with zero attached hydrogens (tertiary/aromatic N) is 1. The van der Waals surface area contributed by atoms with Gasteiger partial charge in [0.25, 0.3) is 0 Å². The van der Waals surface area contributed by atoms with Crippen LogP contribution in [-0.2, 0) is 10.3 Å². The summed E-state index contributed by atoms with van der Waals surface area (Å²) in [5.41, 5.74) is -0.305. The quantitative estimate of drug-likeness (QED) is 0.681. The van der Waals surface area contributed by atoms with Gasteiger partial charge in [0.1, 0.15) is 10.6 Å². The molecule has 1 N–H and O–H groups in total. The van der Waals surface area contributed by atoms with Crippen LogP contribution in [0.25, 0.3) is 0 Å². The largest absolute Gasteiger partial charge is 0.371 e. The monoisotopic (exact) mass is 318 g/mol. The second-order valence-corrected chi connectivity index (χ2v) is 5.63. The van der Waals surface area contributed by atoms with Gasteiger partial charge in [0, 0.05) is 13.3 Å². The molecule has 0 radical (unpaired) electrons. The first-order chi connectivity index (χ1) is 8.22. The molecule has 0 atom stereocenters. The van der Waals surface area contributed by atoms with E-state index >= 15 is 0 Å². The van der Waals surface area contributed by atoms with Crippen LogP contribution in [0, 0.1) is 0 Å². The van der Waals surface area contributed by atoms with Crippen LogP contribution in [0.4, 0.5) is 0 Å². The van der Waals surface area contributed by atoms with Gasteiger partial charge >= 0.3 is 0 Å². The highest BCUT2D eigenvalue weighted by Crippen LogP contribution is 2.36. The summed E-state index contributed by atoms with van der Waals surface area (Å²) in [4.78, 5) is 16.6. The predicted octanol–water partition coefficient (Wildman–Crippen LogP) is 1.95. The number of ketones is 1. The fourth-order valence-electron chi connectivity index (χ4n) is 2.02. The average Bonchev–Trinajstić information content (AvgIpc) is 2.88. The Morgan fingerprint density at radius 3 is 2.94 bits per heavy atom. The fraction of sp³-hybridized carbons (Fsp3) is 0.636. The molecule has 1 aliphatic rings. The molecule has 1 fully saturated rings. The summed E-state index contributed by atoms with van der Waals surface area (Å²) in [6.07, 6.45) is 3.46. The van der Waals surface area contributed by atoms with Gasteiger partial charge in [-0.25, -0.2) is 4.98 Å². The van der Waals surface area contributed by atoms with Crippen molar-refractivity contribution in [2.45, 2.75) is 18.4 Å². The van der Waals surface area contributed by atoms with Gasteiger partial charge in [-0.3, -0.25) is 4.79 Å². The maximum atomic E-state index is 11.6. The highest BCUT2D eigenvalue weighted by Gasteiger charge is 2.37. The Hall–Kier alpha value is -0.300. The number of piperidine rings is 1. The molecule has 1 aromatic heterocycles. The second-order valence-electron chi connectivity index (χ2n) is 4.03. The number of halogens is 1. The number of hydrogen-bond donors (Lipinski definition) is 1. The number of aromatic nitrogens is 1. The molecule has 17 heavy (non-hydrogen) atoms. The van der Waals surface area contributed by atoms with E-state index in [9.17, 15) is 4.79 Å². The lowest BCUT2D eigenvalue weighted by Crippen LogP contribution is -2.41. The van der Waals surface area contributed by atoms with Crippen molar-refractivity contribution in [2.75, 3.05) is 25.5 Å². The van der Waals surface area contributed by atoms with Crippen molar-refractivity contribution in [2.24, 2.45) is 0 Å². The van der Waals surface area contributed by atoms with Gasteiger partial charge in [-0.15, -0.1) is 11.3 Å². The molecule has 0 aliphatic carbocycles. The molecule has 0 amide bonds. The average molecular weight is 319 g/mol. The third-order valence-electron chi connectivity index (χ3n) is 3.09. The Balaban J connectivity index is 2.25. The number of methoxy groups -OCH3 is 1. The number of alkyl halides is 1. The van der Waals surface area contributed by atoms with Crippen LogP contribution in [0.1, 0.15) is 27.5 Å². The third-order valence-corrected chi connectivity index (χ3v) is 4.83. The number of ether oxygens (including phenoxy) is 1. The molecule has 1 saturated heterocycles. The van der Waals surface area contributed by atoms with Gasteiger partial charge in [0.15, 0.2) is 5.78 Å². The van der Waals surface area contributed by atoms with Crippen molar-refractivity contribution in [3.63, 3.8) is 0 Å². The summed E-state index contributed by atoms with van der Waals surface area (Å²) in [5.74, 6) is 0.0777. The normalized spacial score (nSPS) is 19.2. The van der Waals surface area contributed by atoms with Gasteiger partial charge in [-0.2, -0.15) is 0 Å². The van der Waals surface area contributed by atoms with E-state index in [0.29, 0.717) is 10.2 Å². The number of carbonyl (C=O) groups is 1. The molecule has 2 heterocycles. The Morgan fingerprint density at radius 2 is 2.35 bits per heavy atom. The Labute approximate surface area is 113 Å². The number of rotatable bonds is 4.